The summed E-state index contributed by atoms with van der Waals surface area (Å²) in [6.07, 6.45) is 0. The smallest absolute Gasteiger partial charge is 0.108 e. The van der Waals surface area contributed by atoms with Gasteiger partial charge in [0.2, 0.25) is 0 Å². The molecule has 0 saturated carbocycles. The number of hydrogen-bond acceptors (Lipinski definition) is 2. The minimum absolute atomic E-state index is 0.162. The molecule has 1 rings (SSSR count). The number of rotatable bonds is 2. The van der Waals surface area contributed by atoms with Gasteiger partial charge in [0, 0.05) is 0 Å². The summed E-state index contributed by atoms with van der Waals surface area (Å²) in [7, 11) is 0. The van der Waals surface area contributed by atoms with Gasteiger partial charge in [-0.15, -0.1) is 0 Å². The molecule has 2 N–H and O–H groups in total. The Labute approximate surface area is 70.1 Å². The van der Waals surface area contributed by atoms with Crippen LogP contribution in [0.5, 0.6) is 0 Å². The summed E-state index contributed by atoms with van der Waals surface area (Å²) in [5.74, 6) is 0. The molecule has 0 saturated heterocycles. The summed E-state index contributed by atoms with van der Waals surface area (Å²) in [6.45, 7) is 1.98. The lowest BCUT2D eigenvalue weighted by atomic mass is 10.1. The van der Waals surface area contributed by atoms with E-state index in [0.29, 0.717) is 0 Å². The summed E-state index contributed by atoms with van der Waals surface area (Å²) >= 11 is 0.162. The van der Waals surface area contributed by atoms with E-state index >= 15 is 0 Å². The number of hydrogen-bond donors (Lipinski definition) is 1. The van der Waals surface area contributed by atoms with Crippen LogP contribution in [0.2, 0.25) is 0 Å². The van der Waals surface area contributed by atoms with Crippen molar-refractivity contribution in [2.45, 2.75) is 12.3 Å². The second-order valence-corrected chi connectivity index (χ2v) is 3.11. The summed E-state index contributed by atoms with van der Waals surface area (Å²) in [5, 5.41) is -0.546. The zero-order chi connectivity index (χ0) is 8.27. The molecule has 0 spiro atoms. The molecule has 0 bridgehead atoms. The monoisotopic (exact) mass is 171 g/mol. The highest BCUT2D eigenvalue weighted by Crippen LogP contribution is 2.23. The Morgan fingerprint density at radius 3 is 2.36 bits per heavy atom. The van der Waals surface area contributed by atoms with Crippen molar-refractivity contribution in [3.63, 3.8) is 0 Å². The number of benzene rings is 1. The first-order chi connectivity index (χ1) is 5.24. The third kappa shape index (κ3) is 2.20. The molecule has 0 radical (unpaired) electrons. The van der Waals surface area contributed by atoms with Crippen LogP contribution in [0.15, 0.2) is 24.3 Å². The lowest BCUT2D eigenvalue weighted by molar-refractivity contribution is 0.888. The number of aryl methyl sites for hydroxylation is 1. The van der Waals surface area contributed by atoms with Gasteiger partial charge >= 0.3 is 0 Å². The molecule has 3 heteroatoms. The number of halogens is 1. The van der Waals surface area contributed by atoms with Crippen molar-refractivity contribution in [2.75, 3.05) is 0 Å². The van der Waals surface area contributed by atoms with E-state index in [9.17, 15) is 3.89 Å². The van der Waals surface area contributed by atoms with Gasteiger partial charge in [0.1, 0.15) is 5.37 Å². The van der Waals surface area contributed by atoms with Crippen molar-refractivity contribution in [3.05, 3.63) is 35.4 Å². The average Bonchev–Trinajstić information content (AvgIpc) is 2.05. The second kappa shape index (κ2) is 3.74. The van der Waals surface area contributed by atoms with Crippen LogP contribution in [0, 0.1) is 6.92 Å². The third-order valence-corrected chi connectivity index (χ3v) is 1.97. The van der Waals surface area contributed by atoms with Gasteiger partial charge in [-0.1, -0.05) is 29.8 Å². The Bertz CT molecular complexity index is 222. The molecule has 1 atom stereocenters. The molecule has 0 aromatic heterocycles. The van der Waals surface area contributed by atoms with Crippen molar-refractivity contribution >= 4 is 12.1 Å². The van der Waals surface area contributed by atoms with E-state index in [2.05, 4.69) is 0 Å². The molecule has 0 aliphatic carbocycles. The molecular weight excluding hydrogens is 161 g/mol. The highest BCUT2D eigenvalue weighted by Gasteiger charge is 2.04. The van der Waals surface area contributed by atoms with Gasteiger partial charge in [0.25, 0.3) is 0 Å². The molecule has 0 amide bonds. The quantitative estimate of drug-likeness (QED) is 0.692. The summed E-state index contributed by atoms with van der Waals surface area (Å²) in [6, 6.07) is 7.52. The largest absolute Gasteiger partial charge is 0.313 e. The van der Waals surface area contributed by atoms with Crippen LogP contribution in [0.3, 0.4) is 0 Å². The third-order valence-electron chi connectivity index (χ3n) is 1.50. The molecule has 1 nitrogen and oxygen atoms in total. The first kappa shape index (κ1) is 8.56. The van der Waals surface area contributed by atoms with Crippen molar-refractivity contribution in [1.82, 2.24) is 0 Å². The van der Waals surface area contributed by atoms with Crippen LogP contribution >= 0.6 is 12.1 Å². The van der Waals surface area contributed by atoms with Crippen molar-refractivity contribution < 1.29 is 3.89 Å². The average molecular weight is 171 g/mol. The summed E-state index contributed by atoms with van der Waals surface area (Å²) in [4.78, 5) is 0. The van der Waals surface area contributed by atoms with E-state index in [4.69, 9.17) is 5.73 Å². The summed E-state index contributed by atoms with van der Waals surface area (Å²) in [5.41, 5.74) is 7.41. The fourth-order valence-electron chi connectivity index (χ4n) is 0.808. The molecule has 1 aromatic rings. The first-order valence-electron chi connectivity index (χ1n) is 3.33. The lowest BCUT2D eigenvalue weighted by Gasteiger charge is -2.04. The Hall–Kier alpha value is -0.540. The molecule has 0 fully saturated rings. The van der Waals surface area contributed by atoms with Crippen molar-refractivity contribution in [2.24, 2.45) is 5.73 Å². The Morgan fingerprint density at radius 2 is 1.91 bits per heavy atom. The maximum Gasteiger partial charge on any atom is 0.108 e. The number of nitrogens with two attached hydrogens (primary N) is 1. The Kier molecular flexibility index (Phi) is 2.91. The maximum atomic E-state index is 12.0. The molecule has 11 heavy (non-hydrogen) atoms. The normalized spacial score (nSPS) is 13.0. The minimum atomic E-state index is -0.546. The van der Waals surface area contributed by atoms with Gasteiger partial charge in [-0.2, -0.15) is 3.89 Å². The fraction of sp³-hybridized carbons (Fsp3) is 0.250. The zero-order valence-electron chi connectivity index (χ0n) is 6.25. The van der Waals surface area contributed by atoms with Crippen LogP contribution < -0.4 is 5.73 Å². The van der Waals surface area contributed by atoms with E-state index in [-0.39, 0.29) is 12.1 Å². The molecule has 60 valence electrons. The topological polar surface area (TPSA) is 26.0 Å². The van der Waals surface area contributed by atoms with Gasteiger partial charge in [-0.3, -0.25) is 0 Å². The van der Waals surface area contributed by atoms with Gasteiger partial charge in [-0.05, 0) is 12.5 Å². The Morgan fingerprint density at radius 1 is 1.36 bits per heavy atom. The Balaban J connectivity index is 2.81. The van der Waals surface area contributed by atoms with E-state index in [1.54, 1.807) is 0 Å². The molecule has 1 unspecified atom stereocenters. The van der Waals surface area contributed by atoms with Crippen LogP contribution in [0.25, 0.3) is 0 Å². The van der Waals surface area contributed by atoms with Gasteiger partial charge in [0.15, 0.2) is 0 Å². The molecule has 0 aliphatic rings. The van der Waals surface area contributed by atoms with E-state index in [1.165, 1.54) is 0 Å². The highest BCUT2D eigenvalue weighted by atomic mass is 32.2. The van der Waals surface area contributed by atoms with Crippen LogP contribution in [0.4, 0.5) is 3.89 Å². The van der Waals surface area contributed by atoms with Gasteiger partial charge in [0.05, 0.1) is 12.1 Å². The second-order valence-electron chi connectivity index (χ2n) is 2.42. The van der Waals surface area contributed by atoms with Crippen molar-refractivity contribution in [1.29, 1.82) is 0 Å². The predicted molar refractivity (Wildman–Crippen MR) is 46.8 cm³/mol. The molecule has 1 aromatic carbocycles. The van der Waals surface area contributed by atoms with Crippen LogP contribution in [-0.4, -0.2) is 0 Å². The SMILES string of the molecule is Cc1ccc(C(N)SF)cc1. The maximum absolute atomic E-state index is 12.0. The van der Waals surface area contributed by atoms with Gasteiger partial charge < -0.3 is 5.73 Å². The standard InChI is InChI=1S/C8H10FNS/c1-6-2-4-7(5-3-6)8(10)11-9/h2-5,8H,10H2,1H3. The zero-order valence-corrected chi connectivity index (χ0v) is 7.07. The van der Waals surface area contributed by atoms with Crippen molar-refractivity contribution in [3.8, 4) is 0 Å². The van der Waals surface area contributed by atoms with Crippen LogP contribution in [-0.2, 0) is 0 Å². The minimum Gasteiger partial charge on any atom is -0.313 e. The molecule has 0 heterocycles. The molecular formula is C8H10FNS. The lowest BCUT2D eigenvalue weighted by Crippen LogP contribution is -2.03. The fourth-order valence-corrected chi connectivity index (χ4v) is 1.07. The van der Waals surface area contributed by atoms with Crippen LogP contribution in [0.1, 0.15) is 16.5 Å². The summed E-state index contributed by atoms with van der Waals surface area (Å²) < 4.78 is 12.0. The van der Waals surface area contributed by atoms with E-state index < -0.39 is 5.37 Å². The first-order valence-corrected chi connectivity index (χ1v) is 4.11. The van der Waals surface area contributed by atoms with E-state index in [0.717, 1.165) is 11.1 Å². The molecule has 0 aliphatic heterocycles. The van der Waals surface area contributed by atoms with E-state index in [1.807, 2.05) is 31.2 Å². The van der Waals surface area contributed by atoms with Gasteiger partial charge in [-0.25, -0.2) is 0 Å². The highest BCUT2D eigenvalue weighted by molar-refractivity contribution is 7.94. The predicted octanol–water partition coefficient (Wildman–Crippen LogP) is 2.57.